The summed E-state index contributed by atoms with van der Waals surface area (Å²) >= 11 is 5.98. The lowest BCUT2D eigenvalue weighted by Gasteiger charge is -2.10. The van der Waals surface area contributed by atoms with Gasteiger partial charge in [-0.3, -0.25) is 4.79 Å². The summed E-state index contributed by atoms with van der Waals surface area (Å²) in [6, 6.07) is 16.3. The third-order valence-corrected chi connectivity index (χ3v) is 5.34. The molecule has 0 radical (unpaired) electrons. The minimum atomic E-state index is -0.421. The highest BCUT2D eigenvalue weighted by molar-refractivity contribution is 6.30. The topological polar surface area (TPSA) is 94.9 Å². The van der Waals surface area contributed by atoms with Gasteiger partial charge in [0, 0.05) is 23.0 Å². The van der Waals surface area contributed by atoms with Crippen LogP contribution < -0.4 is 15.7 Å². The van der Waals surface area contributed by atoms with Crippen molar-refractivity contribution in [2.24, 2.45) is 0 Å². The van der Waals surface area contributed by atoms with Crippen molar-refractivity contribution in [3.8, 4) is 17.0 Å². The second kappa shape index (κ2) is 8.44. The van der Waals surface area contributed by atoms with Gasteiger partial charge in [-0.2, -0.15) is 5.10 Å². The van der Waals surface area contributed by atoms with Crippen LogP contribution in [0.2, 0.25) is 5.02 Å². The number of rotatable bonds is 6. The Morgan fingerprint density at radius 1 is 1.09 bits per heavy atom. The molecule has 1 amide bonds. The molecular weight excluding hydrogens is 444 g/mol. The predicted molar refractivity (Wildman–Crippen MR) is 125 cm³/mol. The Kier molecular flexibility index (Phi) is 5.31. The number of amides is 1. The molecule has 166 valence electrons. The maximum absolute atomic E-state index is 12.9. The number of ether oxygens (including phenoxy) is 1. The van der Waals surface area contributed by atoms with Crippen LogP contribution in [0, 0.1) is 0 Å². The molecule has 5 rings (SSSR count). The Morgan fingerprint density at radius 3 is 2.67 bits per heavy atom. The zero-order valence-corrected chi connectivity index (χ0v) is 18.4. The van der Waals surface area contributed by atoms with Crippen LogP contribution >= 0.6 is 11.6 Å². The second-order valence-electron chi connectivity index (χ2n) is 7.28. The highest BCUT2D eigenvalue weighted by Crippen LogP contribution is 2.24. The molecule has 0 bridgehead atoms. The number of fused-ring (bicyclic) bond motifs is 3. The minimum absolute atomic E-state index is 0.245. The number of carbonyl (C=O) groups excluding carboxylic acids is 1. The Bertz CT molecular complexity index is 1530. The molecule has 10 heteroatoms. The molecule has 0 saturated heterocycles. The van der Waals surface area contributed by atoms with Gasteiger partial charge in [-0.15, -0.1) is 5.10 Å². The van der Waals surface area contributed by atoms with Crippen molar-refractivity contribution in [2.45, 2.75) is 13.5 Å². The lowest BCUT2D eigenvalue weighted by atomic mass is 10.1. The van der Waals surface area contributed by atoms with Gasteiger partial charge in [0.25, 0.3) is 0 Å². The Morgan fingerprint density at radius 2 is 1.88 bits per heavy atom. The fourth-order valence-corrected chi connectivity index (χ4v) is 3.70. The Hall–Kier alpha value is -4.11. The van der Waals surface area contributed by atoms with E-state index in [0.717, 1.165) is 10.2 Å². The number of hydrogen-bond donors (Lipinski definition) is 1. The molecule has 0 unspecified atom stereocenters. The summed E-state index contributed by atoms with van der Waals surface area (Å²) in [6.07, 6.45) is 3.25. The second-order valence-corrected chi connectivity index (χ2v) is 7.71. The van der Waals surface area contributed by atoms with Crippen molar-refractivity contribution in [1.82, 2.24) is 23.8 Å². The van der Waals surface area contributed by atoms with E-state index in [1.165, 1.54) is 4.40 Å². The molecule has 0 aliphatic rings. The van der Waals surface area contributed by atoms with Crippen molar-refractivity contribution >= 4 is 34.4 Å². The van der Waals surface area contributed by atoms with Gasteiger partial charge in [-0.05, 0) is 37.3 Å². The van der Waals surface area contributed by atoms with Crippen molar-refractivity contribution in [1.29, 1.82) is 0 Å². The first kappa shape index (κ1) is 20.8. The van der Waals surface area contributed by atoms with E-state index in [-0.39, 0.29) is 12.5 Å². The number of hydrogen-bond acceptors (Lipinski definition) is 5. The van der Waals surface area contributed by atoms with Crippen LogP contribution in [0.25, 0.3) is 22.4 Å². The molecule has 0 atom stereocenters. The predicted octanol–water partition coefficient (Wildman–Crippen LogP) is 3.50. The molecule has 9 nitrogen and oxygen atoms in total. The number of nitrogens with one attached hydrogen (secondary N) is 1. The molecule has 33 heavy (non-hydrogen) atoms. The van der Waals surface area contributed by atoms with Gasteiger partial charge < -0.3 is 10.1 Å². The van der Waals surface area contributed by atoms with Gasteiger partial charge in [0.15, 0.2) is 5.65 Å². The maximum Gasteiger partial charge on any atom is 0.350 e. The van der Waals surface area contributed by atoms with Crippen molar-refractivity contribution in [3.63, 3.8) is 0 Å². The molecule has 1 N–H and O–H groups in total. The quantitative estimate of drug-likeness (QED) is 0.416. The molecule has 0 aliphatic carbocycles. The van der Waals surface area contributed by atoms with E-state index in [1.54, 1.807) is 47.2 Å². The Labute approximate surface area is 192 Å². The molecule has 0 aliphatic heterocycles. The van der Waals surface area contributed by atoms with Crippen LogP contribution in [0.1, 0.15) is 6.92 Å². The summed E-state index contributed by atoms with van der Waals surface area (Å²) in [6.45, 7) is 2.09. The summed E-state index contributed by atoms with van der Waals surface area (Å²) < 4.78 is 9.70. The van der Waals surface area contributed by atoms with Crippen LogP contribution in [-0.4, -0.2) is 36.3 Å². The largest absolute Gasteiger partial charge is 0.492 e. The number of aromatic nitrogens is 5. The SMILES string of the molecule is CCOc1ccccc1NC(=O)Cn1nc2c3cc(-c4ccc(Cl)cc4)nn3ccn2c1=O. The highest BCUT2D eigenvalue weighted by Gasteiger charge is 2.16. The number of nitrogens with zero attached hydrogens (tertiary/aromatic N) is 5. The van der Waals surface area contributed by atoms with Crippen molar-refractivity contribution < 1.29 is 9.53 Å². The summed E-state index contributed by atoms with van der Waals surface area (Å²) in [5.41, 5.74) is 2.75. The molecule has 3 heterocycles. The number of carbonyl (C=O) groups is 1. The summed E-state index contributed by atoms with van der Waals surface area (Å²) in [5.74, 6) is 0.172. The fraction of sp³-hybridized carbons (Fsp3) is 0.130. The van der Waals surface area contributed by atoms with Crippen LogP contribution in [0.4, 0.5) is 5.69 Å². The average Bonchev–Trinajstić information content (AvgIpc) is 3.37. The lowest BCUT2D eigenvalue weighted by Crippen LogP contribution is -2.28. The Balaban J connectivity index is 1.46. The van der Waals surface area contributed by atoms with Gasteiger partial charge in [0.2, 0.25) is 5.91 Å². The monoisotopic (exact) mass is 462 g/mol. The van der Waals surface area contributed by atoms with Gasteiger partial charge in [0.1, 0.15) is 17.8 Å². The summed E-state index contributed by atoms with van der Waals surface area (Å²) in [4.78, 5) is 25.5. The van der Waals surface area contributed by atoms with Gasteiger partial charge in [0.05, 0.1) is 18.0 Å². The molecule has 0 fully saturated rings. The molecule has 5 aromatic rings. The maximum atomic E-state index is 12.9. The van der Waals surface area contributed by atoms with Gasteiger partial charge in [-0.1, -0.05) is 35.9 Å². The zero-order valence-electron chi connectivity index (χ0n) is 17.6. The number of anilines is 1. The van der Waals surface area contributed by atoms with E-state index in [1.807, 2.05) is 31.2 Å². The van der Waals surface area contributed by atoms with Crippen LogP contribution in [-0.2, 0) is 11.3 Å². The van der Waals surface area contributed by atoms with Gasteiger partial charge in [-0.25, -0.2) is 18.4 Å². The van der Waals surface area contributed by atoms with Crippen LogP contribution in [0.15, 0.2) is 71.8 Å². The van der Waals surface area contributed by atoms with Crippen LogP contribution in [0.3, 0.4) is 0 Å². The smallest absolute Gasteiger partial charge is 0.350 e. The number of benzene rings is 2. The normalized spacial score (nSPS) is 11.2. The van der Waals surface area contributed by atoms with E-state index < -0.39 is 5.69 Å². The fourth-order valence-electron chi connectivity index (χ4n) is 3.58. The molecule has 0 spiro atoms. The summed E-state index contributed by atoms with van der Waals surface area (Å²) in [7, 11) is 0. The number of halogens is 1. The summed E-state index contributed by atoms with van der Waals surface area (Å²) in [5, 5.41) is 12.4. The van der Waals surface area contributed by atoms with Crippen molar-refractivity contribution in [3.05, 3.63) is 82.5 Å². The van der Waals surface area contributed by atoms with E-state index in [9.17, 15) is 9.59 Å². The average molecular weight is 463 g/mol. The first-order valence-electron chi connectivity index (χ1n) is 10.3. The van der Waals surface area contributed by atoms with Crippen LogP contribution in [0.5, 0.6) is 5.75 Å². The standard InChI is InChI=1S/C23H19ClN6O3/c1-2-33-20-6-4-3-5-17(20)25-21(31)14-30-23(32)28-11-12-29-19(22(28)27-30)13-18(26-29)15-7-9-16(24)10-8-15/h3-13H,2,14H2,1H3,(H,25,31). The molecular formula is C23H19ClN6O3. The lowest BCUT2D eigenvalue weighted by molar-refractivity contribution is -0.117. The first-order chi connectivity index (χ1) is 16.0. The van der Waals surface area contributed by atoms with Gasteiger partial charge >= 0.3 is 5.69 Å². The molecule has 2 aromatic carbocycles. The van der Waals surface area contributed by atoms with E-state index in [4.69, 9.17) is 16.3 Å². The minimum Gasteiger partial charge on any atom is -0.492 e. The first-order valence-corrected chi connectivity index (χ1v) is 10.7. The van der Waals surface area contributed by atoms with E-state index in [2.05, 4.69) is 15.5 Å². The van der Waals surface area contributed by atoms with Crippen molar-refractivity contribution in [2.75, 3.05) is 11.9 Å². The third-order valence-electron chi connectivity index (χ3n) is 5.09. The molecule has 3 aromatic heterocycles. The molecule has 0 saturated carbocycles. The third kappa shape index (κ3) is 3.94. The van der Waals surface area contributed by atoms with E-state index in [0.29, 0.717) is 39.9 Å². The van der Waals surface area contributed by atoms with E-state index >= 15 is 0 Å². The highest BCUT2D eigenvalue weighted by atomic mass is 35.5. The number of para-hydroxylation sites is 2. The zero-order chi connectivity index (χ0) is 22.9.